The highest BCUT2D eigenvalue weighted by atomic mass is 16.1. The van der Waals surface area contributed by atoms with Gasteiger partial charge in [-0.3, -0.25) is 9.78 Å². The Hall–Kier alpha value is -2.16. The van der Waals surface area contributed by atoms with Gasteiger partial charge in [-0.25, -0.2) is 0 Å². The van der Waals surface area contributed by atoms with Crippen molar-refractivity contribution in [2.24, 2.45) is 0 Å². The van der Waals surface area contributed by atoms with E-state index in [0.29, 0.717) is 5.56 Å². The lowest BCUT2D eigenvalue weighted by atomic mass is 9.99. The van der Waals surface area contributed by atoms with Gasteiger partial charge in [-0.2, -0.15) is 0 Å². The topological polar surface area (TPSA) is 33.2 Å². The van der Waals surface area contributed by atoms with E-state index in [0.717, 1.165) is 31.5 Å². The molecule has 3 nitrogen and oxygen atoms in total. The Kier molecular flexibility index (Phi) is 2.81. The van der Waals surface area contributed by atoms with Crippen LogP contribution in [0.5, 0.6) is 0 Å². The molecule has 0 amide bonds. The number of fused-ring (bicyclic) bond motifs is 1. The minimum Gasteiger partial charge on any atom is -0.366 e. The van der Waals surface area contributed by atoms with E-state index < -0.39 is 0 Å². The van der Waals surface area contributed by atoms with Crippen molar-refractivity contribution < 1.29 is 4.79 Å². The second-order valence-corrected chi connectivity index (χ2v) is 4.49. The minimum atomic E-state index is 0.664. The molecular formula is C15H14N2O. The summed E-state index contributed by atoms with van der Waals surface area (Å²) in [4.78, 5) is 17.3. The second kappa shape index (κ2) is 4.61. The highest BCUT2D eigenvalue weighted by Gasteiger charge is 2.17. The lowest BCUT2D eigenvalue weighted by Crippen LogP contribution is -2.31. The molecule has 0 fully saturated rings. The van der Waals surface area contributed by atoms with E-state index in [1.165, 1.54) is 11.1 Å². The van der Waals surface area contributed by atoms with Crippen LogP contribution >= 0.6 is 0 Å². The van der Waals surface area contributed by atoms with Crippen LogP contribution in [-0.2, 0) is 13.0 Å². The fraction of sp³-hybridized carbons (Fsp3) is 0.200. The Balaban J connectivity index is 1.94. The predicted octanol–water partition coefficient (Wildman–Crippen LogP) is 2.46. The number of carbonyl (C=O) groups excluding carboxylic acids is 1. The van der Waals surface area contributed by atoms with E-state index in [-0.39, 0.29) is 0 Å². The van der Waals surface area contributed by atoms with Crippen molar-refractivity contribution >= 4 is 12.0 Å². The summed E-state index contributed by atoms with van der Waals surface area (Å²) in [5.41, 5.74) is 4.40. The van der Waals surface area contributed by atoms with Crippen molar-refractivity contribution in [1.82, 2.24) is 4.98 Å². The summed E-state index contributed by atoms with van der Waals surface area (Å²) in [5.74, 6) is 0. The number of aromatic nitrogens is 1. The van der Waals surface area contributed by atoms with Gasteiger partial charge in [-0.1, -0.05) is 24.3 Å². The van der Waals surface area contributed by atoms with Gasteiger partial charge in [0.25, 0.3) is 0 Å². The number of anilines is 1. The van der Waals surface area contributed by atoms with Crippen molar-refractivity contribution in [3.05, 3.63) is 59.4 Å². The van der Waals surface area contributed by atoms with E-state index >= 15 is 0 Å². The largest absolute Gasteiger partial charge is 0.366 e. The maximum atomic E-state index is 11.0. The Bertz CT molecular complexity index is 580. The van der Waals surface area contributed by atoms with Crippen LogP contribution in [0.15, 0.2) is 42.7 Å². The maximum Gasteiger partial charge on any atom is 0.153 e. The van der Waals surface area contributed by atoms with Gasteiger partial charge in [-0.05, 0) is 23.6 Å². The molecule has 0 unspecified atom stereocenters. The SMILES string of the molecule is O=Cc1cnccc1N1CCc2ccccc2C1. The van der Waals surface area contributed by atoms with Gasteiger partial charge in [0.2, 0.25) is 0 Å². The molecule has 90 valence electrons. The number of rotatable bonds is 2. The van der Waals surface area contributed by atoms with Gasteiger partial charge in [0.1, 0.15) is 0 Å². The zero-order valence-corrected chi connectivity index (χ0v) is 10.0. The van der Waals surface area contributed by atoms with E-state index in [9.17, 15) is 4.79 Å². The Morgan fingerprint density at radius 3 is 2.83 bits per heavy atom. The number of hydrogen-bond donors (Lipinski definition) is 0. The van der Waals surface area contributed by atoms with Crippen LogP contribution in [0.1, 0.15) is 21.5 Å². The first-order valence-corrected chi connectivity index (χ1v) is 6.09. The molecule has 0 saturated carbocycles. The number of carbonyl (C=O) groups is 1. The second-order valence-electron chi connectivity index (χ2n) is 4.49. The summed E-state index contributed by atoms with van der Waals surface area (Å²) in [6.45, 7) is 1.81. The lowest BCUT2D eigenvalue weighted by Gasteiger charge is -2.31. The Labute approximate surface area is 106 Å². The molecule has 0 saturated heterocycles. The van der Waals surface area contributed by atoms with Crippen molar-refractivity contribution in [3.63, 3.8) is 0 Å². The first kappa shape index (κ1) is 11.0. The molecule has 3 rings (SSSR count). The first-order chi connectivity index (χ1) is 8.88. The van der Waals surface area contributed by atoms with Crippen LogP contribution in [0.4, 0.5) is 5.69 Å². The molecule has 0 radical (unpaired) electrons. The van der Waals surface area contributed by atoms with Crippen LogP contribution in [0.3, 0.4) is 0 Å². The first-order valence-electron chi connectivity index (χ1n) is 6.09. The summed E-state index contributed by atoms with van der Waals surface area (Å²) in [7, 11) is 0. The normalized spacial score (nSPS) is 14.1. The van der Waals surface area contributed by atoms with Crippen molar-refractivity contribution in [2.75, 3.05) is 11.4 Å². The van der Waals surface area contributed by atoms with Crippen LogP contribution in [0, 0.1) is 0 Å². The quantitative estimate of drug-likeness (QED) is 0.753. The molecule has 1 aliphatic heterocycles. The number of nitrogens with zero attached hydrogens (tertiary/aromatic N) is 2. The van der Waals surface area contributed by atoms with E-state index in [4.69, 9.17) is 0 Å². The Morgan fingerprint density at radius 2 is 2.00 bits per heavy atom. The smallest absolute Gasteiger partial charge is 0.153 e. The molecule has 0 atom stereocenters. The molecule has 2 heterocycles. The van der Waals surface area contributed by atoms with Gasteiger partial charge in [0, 0.05) is 25.5 Å². The average molecular weight is 238 g/mol. The maximum absolute atomic E-state index is 11.0. The molecule has 1 aromatic carbocycles. The highest BCUT2D eigenvalue weighted by Crippen LogP contribution is 2.25. The molecule has 0 spiro atoms. The van der Waals surface area contributed by atoms with E-state index in [1.807, 2.05) is 6.07 Å². The molecule has 0 aliphatic carbocycles. The molecule has 3 heteroatoms. The summed E-state index contributed by atoms with van der Waals surface area (Å²) >= 11 is 0. The molecule has 1 aliphatic rings. The summed E-state index contributed by atoms with van der Waals surface area (Å²) in [6, 6.07) is 10.4. The van der Waals surface area contributed by atoms with Gasteiger partial charge >= 0.3 is 0 Å². The number of benzene rings is 1. The van der Waals surface area contributed by atoms with Crippen molar-refractivity contribution in [3.8, 4) is 0 Å². The zero-order chi connectivity index (χ0) is 12.4. The van der Waals surface area contributed by atoms with Crippen molar-refractivity contribution in [1.29, 1.82) is 0 Å². The van der Waals surface area contributed by atoms with Gasteiger partial charge < -0.3 is 4.90 Å². The van der Waals surface area contributed by atoms with Crippen LogP contribution in [-0.4, -0.2) is 17.8 Å². The Morgan fingerprint density at radius 1 is 1.17 bits per heavy atom. The third-order valence-corrected chi connectivity index (χ3v) is 3.43. The van der Waals surface area contributed by atoms with Crippen LogP contribution in [0.2, 0.25) is 0 Å². The molecule has 0 bridgehead atoms. The molecular weight excluding hydrogens is 224 g/mol. The van der Waals surface area contributed by atoms with Gasteiger partial charge in [0.05, 0.1) is 11.3 Å². The molecule has 2 aromatic rings. The fourth-order valence-electron chi connectivity index (χ4n) is 2.48. The number of aldehydes is 1. The third kappa shape index (κ3) is 1.88. The summed E-state index contributed by atoms with van der Waals surface area (Å²) in [6.07, 6.45) is 5.27. The van der Waals surface area contributed by atoms with Crippen molar-refractivity contribution in [2.45, 2.75) is 13.0 Å². The van der Waals surface area contributed by atoms with Crippen LogP contribution < -0.4 is 4.90 Å². The van der Waals surface area contributed by atoms with E-state index in [1.54, 1.807) is 12.4 Å². The van der Waals surface area contributed by atoms with Gasteiger partial charge in [0.15, 0.2) is 6.29 Å². The predicted molar refractivity (Wildman–Crippen MR) is 70.8 cm³/mol. The monoisotopic (exact) mass is 238 g/mol. The molecule has 1 aromatic heterocycles. The van der Waals surface area contributed by atoms with Crippen LogP contribution in [0.25, 0.3) is 0 Å². The molecule has 18 heavy (non-hydrogen) atoms. The number of hydrogen-bond acceptors (Lipinski definition) is 3. The fourth-order valence-corrected chi connectivity index (χ4v) is 2.48. The highest BCUT2D eigenvalue weighted by molar-refractivity contribution is 5.84. The number of pyridine rings is 1. The lowest BCUT2D eigenvalue weighted by molar-refractivity contribution is 0.112. The summed E-state index contributed by atoms with van der Waals surface area (Å²) in [5, 5.41) is 0. The standard InChI is InChI=1S/C15H14N2O/c18-11-14-9-16-7-5-15(14)17-8-6-12-3-1-2-4-13(12)10-17/h1-5,7,9,11H,6,8,10H2. The van der Waals surface area contributed by atoms with Gasteiger partial charge in [-0.15, -0.1) is 0 Å². The average Bonchev–Trinajstić information content (AvgIpc) is 2.46. The molecule has 0 N–H and O–H groups in total. The van der Waals surface area contributed by atoms with E-state index in [2.05, 4.69) is 34.1 Å². The minimum absolute atomic E-state index is 0.664. The third-order valence-electron chi connectivity index (χ3n) is 3.43. The summed E-state index contributed by atoms with van der Waals surface area (Å²) < 4.78 is 0. The zero-order valence-electron chi connectivity index (χ0n) is 10.0.